The van der Waals surface area contributed by atoms with Crippen LogP contribution in [0.15, 0.2) is 53.7 Å². The van der Waals surface area contributed by atoms with E-state index in [1.54, 1.807) is 16.4 Å². The average molecular weight is 339 g/mol. The monoisotopic (exact) mass is 339 g/mol. The van der Waals surface area contributed by atoms with Gasteiger partial charge in [-0.3, -0.25) is 4.79 Å². The molecule has 0 aliphatic heterocycles. The molecule has 0 aliphatic rings. The summed E-state index contributed by atoms with van der Waals surface area (Å²) in [4.78, 5) is 11.2. The molecule has 0 saturated carbocycles. The molecule has 0 fully saturated rings. The number of aryl methyl sites for hydroxylation is 1. The zero-order valence-corrected chi connectivity index (χ0v) is 14.2. The minimum Gasteiger partial charge on any atom is -0.326 e. The summed E-state index contributed by atoms with van der Waals surface area (Å²) in [6, 6.07) is 15.8. The number of nitrogens with zero attached hydrogens (tertiary/aromatic N) is 4. The number of hydrogen-bond donors (Lipinski definition) is 1. The fourth-order valence-electron chi connectivity index (χ4n) is 2.18. The smallest absolute Gasteiger partial charge is 0.221 e. The SMILES string of the molecule is CC(=O)Nc1cccc(-n2nnnc2SCc2ccc(C)cc2)c1. The Bertz CT molecular complexity index is 844. The summed E-state index contributed by atoms with van der Waals surface area (Å²) in [5, 5.41) is 15.4. The summed E-state index contributed by atoms with van der Waals surface area (Å²) in [6.45, 7) is 3.55. The van der Waals surface area contributed by atoms with Gasteiger partial charge in [-0.2, -0.15) is 4.68 Å². The largest absolute Gasteiger partial charge is 0.326 e. The van der Waals surface area contributed by atoms with Crippen LogP contribution in [0.25, 0.3) is 5.69 Å². The fourth-order valence-corrected chi connectivity index (χ4v) is 3.03. The van der Waals surface area contributed by atoms with Crippen LogP contribution in [0.2, 0.25) is 0 Å². The van der Waals surface area contributed by atoms with Gasteiger partial charge >= 0.3 is 0 Å². The van der Waals surface area contributed by atoms with Gasteiger partial charge in [0, 0.05) is 18.4 Å². The lowest BCUT2D eigenvalue weighted by atomic mass is 10.2. The number of carbonyl (C=O) groups is 1. The van der Waals surface area contributed by atoms with E-state index in [2.05, 4.69) is 52.0 Å². The Labute approximate surface area is 144 Å². The molecular formula is C17H17N5OS. The summed E-state index contributed by atoms with van der Waals surface area (Å²) < 4.78 is 1.67. The Balaban J connectivity index is 1.77. The third-order valence-electron chi connectivity index (χ3n) is 3.34. The Hall–Kier alpha value is -2.67. The van der Waals surface area contributed by atoms with Crippen LogP contribution in [-0.4, -0.2) is 26.1 Å². The number of amides is 1. The highest BCUT2D eigenvalue weighted by molar-refractivity contribution is 7.98. The summed E-state index contributed by atoms with van der Waals surface area (Å²) in [6.07, 6.45) is 0. The predicted molar refractivity (Wildman–Crippen MR) is 94.2 cm³/mol. The summed E-state index contributed by atoms with van der Waals surface area (Å²) in [5.41, 5.74) is 3.97. The molecule has 1 N–H and O–H groups in total. The molecule has 3 aromatic rings. The standard InChI is InChI=1S/C17H17N5OS/c1-12-6-8-14(9-7-12)11-24-17-19-20-21-22(17)16-5-3-4-15(10-16)18-13(2)23/h3-10H,11H2,1-2H3,(H,18,23). The van der Waals surface area contributed by atoms with E-state index >= 15 is 0 Å². The second-order valence-corrected chi connectivity index (χ2v) is 6.32. The second kappa shape index (κ2) is 7.27. The van der Waals surface area contributed by atoms with E-state index in [9.17, 15) is 4.79 Å². The Morgan fingerprint density at radius 1 is 1.21 bits per heavy atom. The van der Waals surface area contributed by atoms with Crippen molar-refractivity contribution in [2.75, 3.05) is 5.32 Å². The van der Waals surface area contributed by atoms with E-state index < -0.39 is 0 Å². The number of anilines is 1. The zero-order valence-electron chi connectivity index (χ0n) is 13.4. The molecule has 1 aromatic heterocycles. The normalized spacial score (nSPS) is 10.6. The summed E-state index contributed by atoms with van der Waals surface area (Å²) in [5.74, 6) is 0.671. The van der Waals surface area contributed by atoms with Gasteiger partial charge in [-0.25, -0.2) is 0 Å². The third-order valence-corrected chi connectivity index (χ3v) is 4.33. The molecule has 0 aliphatic carbocycles. The van der Waals surface area contributed by atoms with Crippen molar-refractivity contribution in [3.63, 3.8) is 0 Å². The van der Waals surface area contributed by atoms with E-state index in [0.29, 0.717) is 10.8 Å². The van der Waals surface area contributed by atoms with Crippen molar-refractivity contribution in [2.45, 2.75) is 24.8 Å². The lowest BCUT2D eigenvalue weighted by molar-refractivity contribution is -0.114. The van der Waals surface area contributed by atoms with E-state index in [0.717, 1.165) is 11.4 Å². The molecule has 7 heteroatoms. The van der Waals surface area contributed by atoms with Crippen LogP contribution in [0.1, 0.15) is 18.1 Å². The maximum absolute atomic E-state index is 11.2. The minimum atomic E-state index is -0.113. The molecule has 0 bridgehead atoms. The molecular weight excluding hydrogens is 322 g/mol. The topological polar surface area (TPSA) is 72.7 Å². The van der Waals surface area contributed by atoms with Gasteiger partial charge in [0.25, 0.3) is 0 Å². The number of hydrogen-bond acceptors (Lipinski definition) is 5. The Morgan fingerprint density at radius 3 is 2.75 bits per heavy atom. The molecule has 6 nitrogen and oxygen atoms in total. The van der Waals surface area contributed by atoms with Gasteiger partial charge in [-0.15, -0.1) is 5.10 Å². The quantitative estimate of drug-likeness (QED) is 0.723. The van der Waals surface area contributed by atoms with Crippen LogP contribution in [0.3, 0.4) is 0 Å². The van der Waals surface area contributed by atoms with Crippen molar-refractivity contribution in [1.82, 2.24) is 20.2 Å². The van der Waals surface area contributed by atoms with Gasteiger partial charge in [0.15, 0.2) is 0 Å². The van der Waals surface area contributed by atoms with Gasteiger partial charge in [0.05, 0.1) is 5.69 Å². The number of nitrogens with one attached hydrogen (secondary N) is 1. The number of rotatable bonds is 5. The number of carbonyl (C=O) groups excluding carboxylic acids is 1. The van der Waals surface area contributed by atoms with Crippen LogP contribution < -0.4 is 5.32 Å². The van der Waals surface area contributed by atoms with Crippen LogP contribution >= 0.6 is 11.8 Å². The van der Waals surface area contributed by atoms with Gasteiger partial charge in [-0.1, -0.05) is 47.7 Å². The first-order valence-corrected chi connectivity index (χ1v) is 8.45. The maximum Gasteiger partial charge on any atom is 0.221 e. The Kier molecular flexibility index (Phi) is 4.90. The predicted octanol–water partition coefficient (Wildman–Crippen LogP) is 3.22. The molecule has 122 valence electrons. The maximum atomic E-state index is 11.2. The zero-order chi connectivity index (χ0) is 16.9. The molecule has 3 rings (SSSR count). The fraction of sp³-hybridized carbons (Fsp3) is 0.176. The molecule has 24 heavy (non-hydrogen) atoms. The lowest BCUT2D eigenvalue weighted by Gasteiger charge is -2.07. The van der Waals surface area contributed by atoms with Crippen molar-refractivity contribution in [2.24, 2.45) is 0 Å². The molecule has 0 saturated heterocycles. The van der Waals surface area contributed by atoms with Crippen LogP contribution in [0.4, 0.5) is 5.69 Å². The van der Waals surface area contributed by atoms with Crippen molar-refractivity contribution in [3.05, 3.63) is 59.7 Å². The van der Waals surface area contributed by atoms with E-state index in [-0.39, 0.29) is 5.91 Å². The molecule has 0 spiro atoms. The van der Waals surface area contributed by atoms with Crippen LogP contribution in [0.5, 0.6) is 0 Å². The van der Waals surface area contributed by atoms with Crippen molar-refractivity contribution in [1.29, 1.82) is 0 Å². The molecule has 2 aromatic carbocycles. The molecule has 1 heterocycles. The number of aromatic nitrogens is 4. The minimum absolute atomic E-state index is 0.113. The van der Waals surface area contributed by atoms with Gasteiger partial charge in [0.2, 0.25) is 11.1 Å². The third kappa shape index (κ3) is 3.99. The molecule has 1 amide bonds. The van der Waals surface area contributed by atoms with Crippen molar-refractivity contribution in [3.8, 4) is 5.69 Å². The van der Waals surface area contributed by atoms with Gasteiger partial charge in [-0.05, 0) is 41.1 Å². The summed E-state index contributed by atoms with van der Waals surface area (Å²) in [7, 11) is 0. The molecule has 0 atom stereocenters. The van der Waals surface area contributed by atoms with Gasteiger partial charge < -0.3 is 5.32 Å². The number of tetrazole rings is 1. The second-order valence-electron chi connectivity index (χ2n) is 5.38. The van der Waals surface area contributed by atoms with Gasteiger partial charge in [0.1, 0.15) is 0 Å². The molecule has 0 radical (unpaired) electrons. The van der Waals surface area contributed by atoms with E-state index in [1.165, 1.54) is 18.1 Å². The number of thioether (sulfide) groups is 1. The Morgan fingerprint density at radius 2 is 2.00 bits per heavy atom. The van der Waals surface area contributed by atoms with Crippen molar-refractivity contribution >= 4 is 23.4 Å². The highest BCUT2D eigenvalue weighted by Crippen LogP contribution is 2.23. The highest BCUT2D eigenvalue weighted by Gasteiger charge is 2.10. The first-order chi connectivity index (χ1) is 11.6. The molecule has 0 unspecified atom stereocenters. The van der Waals surface area contributed by atoms with E-state index in [1.807, 2.05) is 24.3 Å². The number of benzene rings is 2. The van der Waals surface area contributed by atoms with Crippen molar-refractivity contribution < 1.29 is 4.79 Å². The summed E-state index contributed by atoms with van der Waals surface area (Å²) >= 11 is 1.57. The first-order valence-electron chi connectivity index (χ1n) is 7.46. The van der Waals surface area contributed by atoms with Crippen LogP contribution in [-0.2, 0) is 10.5 Å². The first kappa shape index (κ1) is 16.2. The van der Waals surface area contributed by atoms with Crippen LogP contribution in [0, 0.1) is 6.92 Å². The lowest BCUT2D eigenvalue weighted by Crippen LogP contribution is -2.07. The average Bonchev–Trinajstić information content (AvgIpc) is 3.02. The van der Waals surface area contributed by atoms with E-state index in [4.69, 9.17) is 0 Å². The highest BCUT2D eigenvalue weighted by atomic mass is 32.2.